The maximum absolute atomic E-state index is 13.3. The first-order chi connectivity index (χ1) is 15.1. The van der Waals surface area contributed by atoms with Crippen molar-refractivity contribution in [3.05, 3.63) is 52.0 Å². The van der Waals surface area contributed by atoms with Crippen LogP contribution in [0.3, 0.4) is 0 Å². The van der Waals surface area contributed by atoms with E-state index in [-0.39, 0.29) is 17.5 Å². The maximum atomic E-state index is 13.3. The van der Waals surface area contributed by atoms with Crippen LogP contribution in [0.1, 0.15) is 47.5 Å². The van der Waals surface area contributed by atoms with Crippen LogP contribution >= 0.6 is 11.3 Å². The largest absolute Gasteiger partial charge is 0.444 e. The molecule has 32 heavy (non-hydrogen) atoms. The van der Waals surface area contributed by atoms with Gasteiger partial charge in [0.1, 0.15) is 28.4 Å². The smallest absolute Gasteiger partial charge is 0.410 e. The van der Waals surface area contributed by atoms with Gasteiger partial charge in [-0.3, -0.25) is 10.1 Å². The summed E-state index contributed by atoms with van der Waals surface area (Å²) >= 11 is 1.32. The van der Waals surface area contributed by atoms with Crippen molar-refractivity contribution in [2.24, 2.45) is 0 Å². The fourth-order valence-corrected chi connectivity index (χ4v) is 4.35. The van der Waals surface area contributed by atoms with E-state index in [1.807, 2.05) is 20.8 Å². The molecule has 10 heteroatoms. The molecular formula is C22H23FN4O4S. The summed E-state index contributed by atoms with van der Waals surface area (Å²) in [5, 5.41) is 7.20. The van der Waals surface area contributed by atoms with Gasteiger partial charge in [0.2, 0.25) is 0 Å². The number of aryl methyl sites for hydroxylation is 1. The molecule has 1 N–H and O–H groups in total. The minimum absolute atomic E-state index is 0.264. The summed E-state index contributed by atoms with van der Waals surface area (Å²) in [6, 6.07) is 5.67. The molecule has 0 radical (unpaired) electrons. The number of hydrogen-bond acceptors (Lipinski definition) is 7. The van der Waals surface area contributed by atoms with Gasteiger partial charge in [-0.1, -0.05) is 16.5 Å². The molecule has 1 aliphatic heterocycles. The Morgan fingerprint density at radius 3 is 2.66 bits per heavy atom. The van der Waals surface area contributed by atoms with Gasteiger partial charge in [0.25, 0.3) is 5.91 Å². The summed E-state index contributed by atoms with van der Waals surface area (Å²) in [6.45, 7) is 8.00. The van der Waals surface area contributed by atoms with Crippen molar-refractivity contribution in [2.45, 2.75) is 46.3 Å². The monoisotopic (exact) mass is 458 g/mol. The van der Waals surface area contributed by atoms with E-state index in [0.29, 0.717) is 41.7 Å². The summed E-state index contributed by atoms with van der Waals surface area (Å²) in [6.07, 6.45) is 0.208. The van der Waals surface area contributed by atoms with Crippen LogP contribution in [0.2, 0.25) is 0 Å². The third-order valence-electron chi connectivity index (χ3n) is 4.81. The lowest BCUT2D eigenvalue weighted by atomic mass is 10.1. The molecule has 0 atom stereocenters. The second-order valence-corrected chi connectivity index (χ2v) is 9.55. The topological polar surface area (TPSA) is 97.6 Å². The van der Waals surface area contributed by atoms with E-state index in [1.165, 1.54) is 35.6 Å². The lowest BCUT2D eigenvalue weighted by molar-refractivity contribution is 0.0225. The highest BCUT2D eigenvalue weighted by molar-refractivity contribution is 7.15. The minimum Gasteiger partial charge on any atom is -0.444 e. The third kappa shape index (κ3) is 4.64. The lowest BCUT2D eigenvalue weighted by Gasteiger charge is -2.29. The summed E-state index contributed by atoms with van der Waals surface area (Å²) in [5.41, 5.74) is 1.45. The Kier molecular flexibility index (Phi) is 5.72. The molecule has 1 aliphatic rings. The number of ether oxygens (including phenoxy) is 1. The standard InChI is InChI=1S/C22H23FN4O4S/c1-12-17(18(26-31-12)13-5-7-14(23)8-6-13)19(28)25-20-24-15-9-10-27(11-16(15)32-20)21(29)30-22(2,3)4/h5-8H,9-11H2,1-4H3,(H,24,25,28). The zero-order valence-corrected chi connectivity index (χ0v) is 19.0. The van der Waals surface area contributed by atoms with Crippen molar-refractivity contribution in [3.8, 4) is 11.3 Å². The lowest BCUT2D eigenvalue weighted by Crippen LogP contribution is -2.39. The van der Waals surface area contributed by atoms with Crippen molar-refractivity contribution in [1.82, 2.24) is 15.0 Å². The number of fused-ring (bicyclic) bond motifs is 1. The molecule has 0 saturated heterocycles. The fraction of sp³-hybridized carbons (Fsp3) is 0.364. The van der Waals surface area contributed by atoms with Gasteiger partial charge >= 0.3 is 6.09 Å². The summed E-state index contributed by atoms with van der Waals surface area (Å²) < 4.78 is 23.9. The van der Waals surface area contributed by atoms with E-state index in [4.69, 9.17) is 9.26 Å². The predicted octanol–water partition coefficient (Wildman–Crippen LogP) is 4.79. The van der Waals surface area contributed by atoms with Crippen LogP contribution in [-0.2, 0) is 17.7 Å². The van der Waals surface area contributed by atoms with Crippen LogP contribution in [0.25, 0.3) is 11.3 Å². The third-order valence-corrected chi connectivity index (χ3v) is 5.81. The normalized spacial score (nSPS) is 13.6. The zero-order valence-electron chi connectivity index (χ0n) is 18.2. The molecule has 0 bridgehead atoms. The van der Waals surface area contributed by atoms with Crippen molar-refractivity contribution in [1.29, 1.82) is 0 Å². The molecule has 4 rings (SSSR count). The molecule has 8 nitrogen and oxygen atoms in total. The molecular weight excluding hydrogens is 435 g/mol. The van der Waals surface area contributed by atoms with E-state index in [1.54, 1.807) is 11.8 Å². The van der Waals surface area contributed by atoms with Crippen LogP contribution in [-0.4, -0.2) is 39.2 Å². The number of halogens is 1. The second-order valence-electron chi connectivity index (χ2n) is 8.46. The van der Waals surface area contributed by atoms with E-state index in [2.05, 4.69) is 15.5 Å². The van der Waals surface area contributed by atoms with Crippen molar-refractivity contribution >= 4 is 28.5 Å². The Labute approximate surface area is 188 Å². The van der Waals surface area contributed by atoms with Crippen LogP contribution in [0.15, 0.2) is 28.8 Å². The second kappa shape index (κ2) is 8.34. The molecule has 0 fully saturated rings. The average Bonchev–Trinajstić information content (AvgIpc) is 3.29. The van der Waals surface area contributed by atoms with Crippen LogP contribution < -0.4 is 5.32 Å². The van der Waals surface area contributed by atoms with Crippen LogP contribution in [0, 0.1) is 12.7 Å². The Balaban J connectivity index is 1.50. The van der Waals surface area contributed by atoms with Gasteiger partial charge in [-0.25, -0.2) is 14.2 Å². The number of carbonyl (C=O) groups is 2. The van der Waals surface area contributed by atoms with Gasteiger partial charge in [-0.05, 0) is 52.0 Å². The van der Waals surface area contributed by atoms with E-state index in [0.717, 1.165) is 10.6 Å². The van der Waals surface area contributed by atoms with Gasteiger partial charge in [0.15, 0.2) is 5.13 Å². The van der Waals surface area contributed by atoms with Gasteiger partial charge in [-0.15, -0.1) is 0 Å². The Bertz CT molecular complexity index is 1160. The molecule has 0 spiro atoms. The van der Waals surface area contributed by atoms with Crippen LogP contribution in [0.5, 0.6) is 0 Å². The highest BCUT2D eigenvalue weighted by Gasteiger charge is 2.29. The Morgan fingerprint density at radius 1 is 1.25 bits per heavy atom. The maximum Gasteiger partial charge on any atom is 0.410 e. The molecule has 0 saturated carbocycles. The summed E-state index contributed by atoms with van der Waals surface area (Å²) in [5.74, 6) is -0.453. The number of hydrogen-bond donors (Lipinski definition) is 1. The molecule has 2 aromatic heterocycles. The number of thiazole rings is 1. The highest BCUT2D eigenvalue weighted by atomic mass is 32.1. The van der Waals surface area contributed by atoms with E-state index >= 15 is 0 Å². The first-order valence-electron chi connectivity index (χ1n) is 10.1. The highest BCUT2D eigenvalue weighted by Crippen LogP contribution is 2.31. The van der Waals surface area contributed by atoms with Gasteiger partial charge in [0.05, 0.1) is 12.2 Å². The molecule has 3 aromatic rings. The van der Waals surface area contributed by atoms with Gasteiger partial charge < -0.3 is 14.2 Å². The van der Waals surface area contributed by atoms with Crippen LogP contribution in [0.4, 0.5) is 14.3 Å². The summed E-state index contributed by atoms with van der Waals surface area (Å²) in [7, 11) is 0. The Morgan fingerprint density at radius 2 is 1.97 bits per heavy atom. The Hall–Kier alpha value is -3.27. The average molecular weight is 459 g/mol. The number of amides is 2. The molecule has 168 valence electrons. The van der Waals surface area contributed by atoms with E-state index < -0.39 is 11.5 Å². The number of carbonyl (C=O) groups excluding carboxylic acids is 2. The van der Waals surface area contributed by atoms with Gasteiger partial charge in [-0.2, -0.15) is 0 Å². The number of anilines is 1. The van der Waals surface area contributed by atoms with E-state index in [9.17, 15) is 14.0 Å². The fourth-order valence-electron chi connectivity index (χ4n) is 3.34. The number of rotatable bonds is 3. The zero-order chi connectivity index (χ0) is 23.0. The molecule has 0 aliphatic carbocycles. The number of benzene rings is 1. The molecule has 0 unspecified atom stereocenters. The quantitative estimate of drug-likeness (QED) is 0.606. The molecule has 1 aromatic carbocycles. The number of nitrogens with one attached hydrogen (secondary N) is 1. The van der Waals surface area contributed by atoms with Gasteiger partial charge in [0, 0.05) is 23.4 Å². The number of nitrogens with zero attached hydrogens (tertiary/aromatic N) is 3. The minimum atomic E-state index is -0.567. The first-order valence-corrected chi connectivity index (χ1v) is 10.9. The van der Waals surface area contributed by atoms with Crippen molar-refractivity contribution < 1.29 is 23.2 Å². The first kappa shape index (κ1) is 21.9. The van der Waals surface area contributed by atoms with Crippen molar-refractivity contribution in [2.75, 3.05) is 11.9 Å². The predicted molar refractivity (Wildman–Crippen MR) is 117 cm³/mol. The molecule has 3 heterocycles. The van der Waals surface area contributed by atoms with Crippen molar-refractivity contribution in [3.63, 3.8) is 0 Å². The summed E-state index contributed by atoms with van der Waals surface area (Å²) in [4.78, 5) is 32.4. The molecule has 2 amide bonds. The number of aromatic nitrogens is 2. The SMILES string of the molecule is Cc1onc(-c2ccc(F)cc2)c1C(=O)Nc1nc2c(s1)CN(C(=O)OC(C)(C)C)CC2.